The number of rotatable bonds is 2. The van der Waals surface area contributed by atoms with Crippen molar-refractivity contribution in [1.29, 1.82) is 0 Å². The third kappa shape index (κ3) is 6.60. The molecule has 0 amide bonds. The zero-order chi connectivity index (χ0) is 18.4. The molecule has 3 rings (SSSR count). The van der Waals surface area contributed by atoms with Gasteiger partial charge in [-0.05, 0) is 0 Å². The summed E-state index contributed by atoms with van der Waals surface area (Å²) in [6, 6.07) is 19.0. The van der Waals surface area contributed by atoms with Crippen molar-refractivity contribution in [2.75, 3.05) is 14.1 Å². The van der Waals surface area contributed by atoms with Gasteiger partial charge >= 0.3 is 124 Å². The molecule has 0 radical (unpaired) electrons. The van der Waals surface area contributed by atoms with Gasteiger partial charge in [0.25, 0.3) is 0 Å². The van der Waals surface area contributed by atoms with Crippen LogP contribution in [0.15, 0.2) is 64.0 Å². The fraction of sp³-hybridized carbons (Fsp3) is 0.118. The molecule has 8 heteroatoms. The standard InChI is InChI=1S/C17H16NOSe.ClHO4/c1-18(2)17-19-16(12-20-17)15-10-8-14(9-11-15)13-6-4-3-5-7-13;2-1(3,4)5/h3-12H,1-2H3;(H,2,3,4,5)/q+1;/p-1. The zero-order valence-electron chi connectivity index (χ0n) is 13.5. The van der Waals surface area contributed by atoms with Gasteiger partial charge in [-0.25, -0.2) is 18.6 Å². The second kappa shape index (κ2) is 8.60. The van der Waals surface area contributed by atoms with Crippen LogP contribution in [-0.2, 0) is 0 Å². The molecule has 0 aliphatic heterocycles. The maximum absolute atomic E-state index is 8.49. The van der Waals surface area contributed by atoms with Crippen molar-refractivity contribution in [2.24, 2.45) is 0 Å². The van der Waals surface area contributed by atoms with Gasteiger partial charge in [-0.1, -0.05) is 0 Å². The molecule has 0 aliphatic carbocycles. The molecule has 0 saturated heterocycles. The summed E-state index contributed by atoms with van der Waals surface area (Å²) in [5.41, 5.74) is 3.61. The van der Waals surface area contributed by atoms with E-state index in [0.717, 1.165) is 15.8 Å². The molecule has 25 heavy (non-hydrogen) atoms. The minimum absolute atomic E-state index is 0.303. The molecule has 0 atom stereocenters. The Morgan fingerprint density at radius 2 is 1.28 bits per heavy atom. The maximum atomic E-state index is 8.49. The van der Waals surface area contributed by atoms with E-state index in [0.29, 0.717) is 14.5 Å². The smallest absolute Gasteiger partial charge is 0.112 e. The summed E-state index contributed by atoms with van der Waals surface area (Å²) >= 11 is 0.303. The van der Waals surface area contributed by atoms with Crippen LogP contribution < -0.4 is 27.6 Å². The molecular weight excluding hydrogens is 413 g/mol. The van der Waals surface area contributed by atoms with Crippen LogP contribution in [-0.4, -0.2) is 28.6 Å². The number of nitrogens with zero attached hydrogens (tertiary/aromatic N) is 1. The predicted molar refractivity (Wildman–Crippen MR) is 83.6 cm³/mol. The van der Waals surface area contributed by atoms with Crippen molar-refractivity contribution in [2.45, 2.75) is 0 Å². The second-order valence-corrected chi connectivity index (χ2v) is 7.66. The Balaban J connectivity index is 0.000000399. The summed E-state index contributed by atoms with van der Waals surface area (Å²) in [6.45, 7) is 0. The Morgan fingerprint density at radius 3 is 1.76 bits per heavy atom. The van der Waals surface area contributed by atoms with Crippen LogP contribution in [0.4, 0.5) is 0 Å². The van der Waals surface area contributed by atoms with Gasteiger partial charge in [0.05, 0.1) is 0 Å². The number of benzene rings is 2. The van der Waals surface area contributed by atoms with Gasteiger partial charge in [0.1, 0.15) is 0 Å². The van der Waals surface area contributed by atoms with Crippen LogP contribution in [0.1, 0.15) is 0 Å². The van der Waals surface area contributed by atoms with Crippen molar-refractivity contribution in [3.05, 3.63) is 64.0 Å². The Bertz CT molecular complexity index is 856. The number of hydrogen-bond donors (Lipinski definition) is 0. The Kier molecular flexibility index (Phi) is 6.75. The molecule has 2 aromatic carbocycles. The minimum atomic E-state index is -4.94. The summed E-state index contributed by atoms with van der Waals surface area (Å²) in [5.74, 6) is 0.980. The Morgan fingerprint density at radius 1 is 0.800 bits per heavy atom. The molecule has 0 aliphatic rings. The van der Waals surface area contributed by atoms with Crippen LogP contribution in [0.3, 0.4) is 0 Å². The van der Waals surface area contributed by atoms with Crippen LogP contribution in [0.5, 0.6) is 0 Å². The van der Waals surface area contributed by atoms with Crippen molar-refractivity contribution in [3.63, 3.8) is 0 Å². The molecule has 0 spiro atoms. The van der Waals surface area contributed by atoms with E-state index in [4.69, 9.17) is 23.1 Å². The van der Waals surface area contributed by atoms with E-state index in [2.05, 4.69) is 53.5 Å². The second-order valence-electron chi connectivity index (χ2n) is 5.18. The molecule has 0 N–H and O–H groups in total. The van der Waals surface area contributed by atoms with Gasteiger partial charge in [-0.2, -0.15) is 0 Å². The molecule has 132 valence electrons. The molecule has 6 nitrogen and oxygen atoms in total. The third-order valence-electron chi connectivity index (χ3n) is 3.11. The Labute approximate surface area is 153 Å². The van der Waals surface area contributed by atoms with Gasteiger partial charge in [0.2, 0.25) is 0 Å². The molecular formula is C17H16ClNO5Se. The normalized spacial score (nSPS) is 10.8. The first-order valence-electron chi connectivity index (χ1n) is 7.10. The van der Waals surface area contributed by atoms with E-state index < -0.39 is 10.2 Å². The summed E-state index contributed by atoms with van der Waals surface area (Å²) in [4.78, 5) is 2.19. The van der Waals surface area contributed by atoms with Crippen LogP contribution >= 0.6 is 0 Å². The number of hydrogen-bond acceptors (Lipinski definition) is 5. The summed E-state index contributed by atoms with van der Waals surface area (Å²) in [7, 11) is -0.904. The largest absolute Gasteiger partial charge is 0.222 e. The van der Waals surface area contributed by atoms with E-state index in [1.807, 2.05) is 24.7 Å². The molecule has 1 heterocycles. The van der Waals surface area contributed by atoms with E-state index >= 15 is 0 Å². The van der Waals surface area contributed by atoms with Gasteiger partial charge in [0, 0.05) is 0 Å². The van der Waals surface area contributed by atoms with Crippen LogP contribution in [0.25, 0.3) is 22.5 Å². The molecule has 3 aromatic rings. The fourth-order valence-electron chi connectivity index (χ4n) is 2.03. The molecule has 1 aromatic heterocycles. The average molecular weight is 429 g/mol. The average Bonchev–Trinajstić information content (AvgIpc) is 3.05. The fourth-order valence-corrected chi connectivity index (χ4v) is 3.58. The zero-order valence-corrected chi connectivity index (χ0v) is 16.0. The van der Waals surface area contributed by atoms with Crippen LogP contribution in [0.2, 0.25) is 0 Å². The topological polar surface area (TPSA) is 108 Å². The van der Waals surface area contributed by atoms with Crippen molar-refractivity contribution in [1.82, 2.24) is 4.58 Å². The van der Waals surface area contributed by atoms with E-state index in [1.54, 1.807) is 0 Å². The molecule has 0 saturated carbocycles. The molecule has 0 unspecified atom stereocenters. The van der Waals surface area contributed by atoms with Crippen molar-refractivity contribution >= 4 is 14.5 Å². The van der Waals surface area contributed by atoms with Gasteiger partial charge < -0.3 is 0 Å². The minimum Gasteiger partial charge on any atom is -0.222 e. The number of halogens is 1. The first-order chi connectivity index (χ1) is 11.7. The van der Waals surface area contributed by atoms with Crippen LogP contribution in [0, 0.1) is 10.2 Å². The van der Waals surface area contributed by atoms with Crippen molar-refractivity contribution in [3.8, 4) is 22.5 Å². The van der Waals surface area contributed by atoms with E-state index in [9.17, 15) is 0 Å². The van der Waals surface area contributed by atoms with Gasteiger partial charge in [-0.3, -0.25) is 0 Å². The SMILES string of the molecule is C[N+](C)=c1oc(-c2ccc(-c3ccccc3)cc2)c[se]1.[O-][Cl+3]([O-])([O-])[O-]. The molecule has 0 bridgehead atoms. The van der Waals surface area contributed by atoms with Crippen molar-refractivity contribution < 1.29 is 33.3 Å². The van der Waals surface area contributed by atoms with E-state index in [-0.39, 0.29) is 0 Å². The monoisotopic (exact) mass is 429 g/mol. The first-order valence-corrected chi connectivity index (χ1v) is 10.2. The van der Waals surface area contributed by atoms with Gasteiger partial charge in [0.15, 0.2) is 0 Å². The third-order valence-corrected chi connectivity index (χ3v) is 5.17. The Hall–Kier alpha value is -1.70. The van der Waals surface area contributed by atoms with E-state index in [1.165, 1.54) is 11.1 Å². The summed E-state index contributed by atoms with van der Waals surface area (Å²) < 4.78 is 43.0. The van der Waals surface area contributed by atoms with Gasteiger partial charge in [-0.15, -0.1) is 10.2 Å². The predicted octanol–water partition coefficient (Wildman–Crippen LogP) is -2.05. The summed E-state index contributed by atoms with van der Waals surface area (Å²) in [6.07, 6.45) is 0. The quantitative estimate of drug-likeness (QED) is 0.345. The molecule has 0 fully saturated rings. The maximum Gasteiger partial charge on any atom is -0.112 e. The first kappa shape index (κ1) is 19.6. The summed E-state index contributed by atoms with van der Waals surface area (Å²) in [5, 5.41) is 0.